The zero-order valence-electron chi connectivity index (χ0n) is 10.3. The fourth-order valence-corrected chi connectivity index (χ4v) is 2.19. The molecule has 2 rings (SSSR count). The van der Waals surface area contributed by atoms with Crippen LogP contribution in [0.2, 0.25) is 0 Å². The van der Waals surface area contributed by atoms with Crippen molar-refractivity contribution in [3.8, 4) is 6.07 Å². The molecule has 0 atom stereocenters. The maximum Gasteiger partial charge on any atom is 0.256 e. The van der Waals surface area contributed by atoms with Crippen LogP contribution in [-0.2, 0) is 0 Å². The van der Waals surface area contributed by atoms with E-state index >= 15 is 0 Å². The Morgan fingerprint density at radius 2 is 2.11 bits per heavy atom. The van der Waals surface area contributed by atoms with Crippen LogP contribution >= 0.6 is 0 Å². The molecule has 0 radical (unpaired) electrons. The van der Waals surface area contributed by atoms with E-state index in [-0.39, 0.29) is 17.4 Å². The number of nitriles is 1. The molecule has 0 aromatic heterocycles. The summed E-state index contributed by atoms with van der Waals surface area (Å²) in [5.74, 6) is -0.725. The van der Waals surface area contributed by atoms with E-state index in [1.165, 1.54) is 6.07 Å². The SMILES string of the molecule is Cc1ccc(F)c(C(=O)N2CCC(C#N)CC2)c1. The molecule has 1 aromatic rings. The largest absolute Gasteiger partial charge is 0.338 e. The molecule has 3 nitrogen and oxygen atoms in total. The number of rotatable bonds is 1. The number of halogens is 1. The molecule has 0 bridgehead atoms. The van der Waals surface area contributed by atoms with Gasteiger partial charge in [0.2, 0.25) is 0 Å². The second-order valence-corrected chi connectivity index (χ2v) is 4.68. The minimum Gasteiger partial charge on any atom is -0.338 e. The van der Waals surface area contributed by atoms with E-state index in [1.54, 1.807) is 17.0 Å². The van der Waals surface area contributed by atoms with Gasteiger partial charge in [-0.15, -0.1) is 0 Å². The molecule has 1 fully saturated rings. The van der Waals surface area contributed by atoms with Crippen LogP contribution in [-0.4, -0.2) is 23.9 Å². The predicted octanol–water partition coefficient (Wildman–Crippen LogP) is 2.51. The standard InChI is InChI=1S/C14H15FN2O/c1-10-2-3-13(15)12(8-10)14(18)17-6-4-11(9-16)5-7-17/h2-3,8,11H,4-7H2,1H3. The first kappa shape index (κ1) is 12.6. The van der Waals surface area contributed by atoms with Crippen molar-refractivity contribution in [3.05, 3.63) is 35.1 Å². The summed E-state index contributed by atoms with van der Waals surface area (Å²) >= 11 is 0. The summed E-state index contributed by atoms with van der Waals surface area (Å²) in [6.45, 7) is 2.90. The van der Waals surface area contributed by atoms with Gasteiger partial charge in [-0.3, -0.25) is 4.79 Å². The van der Waals surface area contributed by atoms with Gasteiger partial charge in [0.05, 0.1) is 11.6 Å². The van der Waals surface area contributed by atoms with Gasteiger partial charge in [-0.2, -0.15) is 5.26 Å². The Kier molecular flexibility index (Phi) is 3.61. The first-order valence-corrected chi connectivity index (χ1v) is 6.07. The molecule has 0 aliphatic carbocycles. The number of nitrogens with zero attached hydrogens (tertiary/aromatic N) is 2. The highest BCUT2D eigenvalue weighted by Gasteiger charge is 2.25. The lowest BCUT2D eigenvalue weighted by atomic mass is 9.98. The van der Waals surface area contributed by atoms with Gasteiger partial charge in [0, 0.05) is 19.0 Å². The molecule has 0 N–H and O–H groups in total. The van der Waals surface area contributed by atoms with Gasteiger partial charge in [0.15, 0.2) is 0 Å². The number of hydrogen-bond donors (Lipinski definition) is 0. The summed E-state index contributed by atoms with van der Waals surface area (Å²) in [4.78, 5) is 13.8. The number of likely N-dealkylation sites (tertiary alicyclic amines) is 1. The lowest BCUT2D eigenvalue weighted by Crippen LogP contribution is -2.38. The van der Waals surface area contributed by atoms with E-state index in [4.69, 9.17) is 5.26 Å². The third kappa shape index (κ3) is 2.51. The number of amides is 1. The van der Waals surface area contributed by atoms with Gasteiger partial charge < -0.3 is 4.90 Å². The van der Waals surface area contributed by atoms with Crippen molar-refractivity contribution in [2.45, 2.75) is 19.8 Å². The minimum atomic E-state index is -0.479. The summed E-state index contributed by atoms with van der Waals surface area (Å²) < 4.78 is 13.6. The van der Waals surface area contributed by atoms with Crippen LogP contribution in [0.25, 0.3) is 0 Å². The van der Waals surface area contributed by atoms with Crippen molar-refractivity contribution < 1.29 is 9.18 Å². The van der Waals surface area contributed by atoms with Crippen molar-refractivity contribution in [2.75, 3.05) is 13.1 Å². The van der Waals surface area contributed by atoms with Crippen LogP contribution in [0.15, 0.2) is 18.2 Å². The Balaban J connectivity index is 2.13. The van der Waals surface area contributed by atoms with Crippen molar-refractivity contribution in [1.82, 2.24) is 4.90 Å². The van der Waals surface area contributed by atoms with Crippen molar-refractivity contribution in [3.63, 3.8) is 0 Å². The van der Waals surface area contributed by atoms with E-state index in [0.717, 1.165) is 5.56 Å². The van der Waals surface area contributed by atoms with Crippen LogP contribution < -0.4 is 0 Å². The number of aryl methyl sites for hydroxylation is 1. The Hall–Kier alpha value is -1.89. The Morgan fingerprint density at radius 1 is 1.44 bits per heavy atom. The maximum absolute atomic E-state index is 13.6. The number of carbonyl (C=O) groups is 1. The van der Waals surface area contributed by atoms with Crippen LogP contribution in [0.1, 0.15) is 28.8 Å². The molecule has 1 aromatic carbocycles. The predicted molar refractivity (Wildman–Crippen MR) is 65.4 cm³/mol. The average Bonchev–Trinajstić information content (AvgIpc) is 2.41. The minimum absolute atomic E-state index is 0.0245. The lowest BCUT2D eigenvalue weighted by molar-refractivity contribution is 0.0702. The molecular formula is C14H15FN2O. The molecule has 1 aliphatic rings. The van der Waals surface area contributed by atoms with E-state index in [2.05, 4.69) is 6.07 Å². The quantitative estimate of drug-likeness (QED) is 0.764. The van der Waals surface area contributed by atoms with Crippen LogP contribution in [0.4, 0.5) is 4.39 Å². The molecule has 1 aliphatic heterocycles. The van der Waals surface area contributed by atoms with Gasteiger partial charge in [-0.1, -0.05) is 11.6 Å². The van der Waals surface area contributed by atoms with Crippen molar-refractivity contribution in [2.24, 2.45) is 5.92 Å². The molecule has 0 saturated carbocycles. The van der Waals surface area contributed by atoms with E-state index in [9.17, 15) is 9.18 Å². The third-order valence-electron chi connectivity index (χ3n) is 3.32. The lowest BCUT2D eigenvalue weighted by Gasteiger charge is -2.29. The maximum atomic E-state index is 13.6. The van der Waals surface area contributed by atoms with Crippen molar-refractivity contribution >= 4 is 5.91 Å². The summed E-state index contributed by atoms with van der Waals surface area (Å²) in [5.41, 5.74) is 0.997. The van der Waals surface area contributed by atoms with E-state index in [0.29, 0.717) is 25.9 Å². The molecule has 1 saturated heterocycles. The smallest absolute Gasteiger partial charge is 0.256 e. The highest BCUT2D eigenvalue weighted by molar-refractivity contribution is 5.94. The summed E-state index contributed by atoms with van der Waals surface area (Å²) in [7, 11) is 0. The Bertz CT molecular complexity index is 499. The highest BCUT2D eigenvalue weighted by Crippen LogP contribution is 2.20. The fraction of sp³-hybridized carbons (Fsp3) is 0.429. The zero-order valence-corrected chi connectivity index (χ0v) is 10.3. The zero-order chi connectivity index (χ0) is 13.1. The highest BCUT2D eigenvalue weighted by atomic mass is 19.1. The summed E-state index contributed by atoms with van der Waals surface area (Å²) in [5, 5.41) is 8.80. The molecule has 0 spiro atoms. The third-order valence-corrected chi connectivity index (χ3v) is 3.32. The molecule has 18 heavy (non-hydrogen) atoms. The first-order valence-electron chi connectivity index (χ1n) is 6.07. The van der Waals surface area contributed by atoms with Gasteiger partial charge in [0.1, 0.15) is 5.82 Å². The van der Waals surface area contributed by atoms with Gasteiger partial charge >= 0.3 is 0 Å². The number of piperidine rings is 1. The molecule has 1 amide bonds. The fourth-order valence-electron chi connectivity index (χ4n) is 2.19. The number of carbonyl (C=O) groups excluding carboxylic acids is 1. The van der Waals surface area contributed by atoms with Gasteiger partial charge in [-0.05, 0) is 31.9 Å². The first-order chi connectivity index (χ1) is 8.61. The van der Waals surface area contributed by atoms with E-state index < -0.39 is 5.82 Å². The van der Waals surface area contributed by atoms with Crippen LogP contribution in [0.3, 0.4) is 0 Å². The van der Waals surface area contributed by atoms with E-state index in [1.807, 2.05) is 6.92 Å². The van der Waals surface area contributed by atoms with Crippen LogP contribution in [0, 0.1) is 30.0 Å². The Labute approximate surface area is 106 Å². The van der Waals surface area contributed by atoms with Crippen molar-refractivity contribution in [1.29, 1.82) is 5.26 Å². The second-order valence-electron chi connectivity index (χ2n) is 4.68. The molecular weight excluding hydrogens is 231 g/mol. The molecule has 0 unspecified atom stereocenters. The molecule has 94 valence electrons. The summed E-state index contributed by atoms with van der Waals surface area (Å²) in [6.07, 6.45) is 1.35. The summed E-state index contributed by atoms with van der Waals surface area (Å²) in [6, 6.07) is 6.76. The normalized spacial score (nSPS) is 16.4. The topological polar surface area (TPSA) is 44.1 Å². The van der Waals surface area contributed by atoms with Crippen LogP contribution in [0.5, 0.6) is 0 Å². The number of benzene rings is 1. The second kappa shape index (κ2) is 5.18. The molecule has 4 heteroatoms. The monoisotopic (exact) mass is 246 g/mol. The number of hydrogen-bond acceptors (Lipinski definition) is 2. The van der Waals surface area contributed by atoms with Gasteiger partial charge in [-0.25, -0.2) is 4.39 Å². The average molecular weight is 246 g/mol. The van der Waals surface area contributed by atoms with Gasteiger partial charge in [0.25, 0.3) is 5.91 Å². The Morgan fingerprint density at radius 3 is 2.72 bits per heavy atom. The molecule has 1 heterocycles.